The maximum atomic E-state index is 13.8. The van der Waals surface area contributed by atoms with Crippen LogP contribution in [0.2, 0.25) is 5.02 Å². The molecule has 24 heavy (non-hydrogen) atoms. The zero-order chi connectivity index (χ0) is 17.4. The number of nitrogens with zero attached hydrogens (tertiary/aromatic N) is 2. The van der Waals surface area contributed by atoms with Crippen LogP contribution in [0.15, 0.2) is 47.5 Å². The number of guanidine groups is 1. The highest BCUT2D eigenvalue weighted by atomic mass is 35.5. The molecule has 4 nitrogen and oxygen atoms in total. The minimum absolute atomic E-state index is 0.243. The highest BCUT2D eigenvalue weighted by molar-refractivity contribution is 6.31. The largest absolute Gasteiger partial charge is 0.356 e. The third-order valence-corrected chi connectivity index (χ3v) is 3.86. The van der Waals surface area contributed by atoms with E-state index in [1.54, 1.807) is 7.05 Å². The third-order valence-electron chi connectivity index (χ3n) is 3.49. The van der Waals surface area contributed by atoms with E-state index in [1.807, 2.05) is 30.3 Å². The SMILES string of the molecule is CN=C(NCCc1ccccc1Cl)NCc1cc(C#N)ccc1F. The molecular weight excluding hydrogens is 327 g/mol. The lowest BCUT2D eigenvalue weighted by atomic mass is 10.1. The van der Waals surface area contributed by atoms with Crippen molar-refractivity contribution in [2.45, 2.75) is 13.0 Å². The lowest BCUT2D eigenvalue weighted by molar-refractivity contribution is 0.604. The number of nitriles is 1. The molecule has 0 bridgehead atoms. The van der Waals surface area contributed by atoms with Gasteiger partial charge >= 0.3 is 0 Å². The van der Waals surface area contributed by atoms with Gasteiger partial charge in [0.05, 0.1) is 11.6 Å². The van der Waals surface area contributed by atoms with Crippen LogP contribution in [0.25, 0.3) is 0 Å². The summed E-state index contributed by atoms with van der Waals surface area (Å²) in [5, 5.41) is 15.8. The molecule has 0 saturated carbocycles. The molecule has 0 spiro atoms. The molecule has 2 rings (SSSR count). The summed E-state index contributed by atoms with van der Waals surface area (Å²) in [6.45, 7) is 0.886. The number of hydrogen-bond acceptors (Lipinski definition) is 2. The van der Waals surface area contributed by atoms with Crippen molar-refractivity contribution in [2.75, 3.05) is 13.6 Å². The number of hydrogen-bond donors (Lipinski definition) is 2. The average Bonchev–Trinajstić information content (AvgIpc) is 2.60. The number of benzene rings is 2. The maximum absolute atomic E-state index is 13.8. The summed E-state index contributed by atoms with van der Waals surface area (Å²) in [5.74, 6) is 0.205. The summed E-state index contributed by atoms with van der Waals surface area (Å²) in [6, 6.07) is 13.9. The Morgan fingerprint density at radius 1 is 1.21 bits per heavy atom. The third kappa shape index (κ3) is 4.97. The van der Waals surface area contributed by atoms with Gasteiger partial charge in [0.15, 0.2) is 5.96 Å². The molecule has 0 heterocycles. The van der Waals surface area contributed by atoms with Gasteiger partial charge in [0.2, 0.25) is 0 Å². The monoisotopic (exact) mass is 344 g/mol. The molecular formula is C18H18ClFN4. The second-order valence-corrected chi connectivity index (χ2v) is 5.52. The van der Waals surface area contributed by atoms with Crippen molar-refractivity contribution < 1.29 is 4.39 Å². The molecule has 2 N–H and O–H groups in total. The Kier molecular flexibility index (Phi) is 6.59. The van der Waals surface area contributed by atoms with E-state index < -0.39 is 0 Å². The highest BCUT2D eigenvalue weighted by Gasteiger charge is 2.05. The Bertz CT molecular complexity index is 768. The van der Waals surface area contributed by atoms with Gasteiger partial charge in [-0.3, -0.25) is 4.99 Å². The molecule has 6 heteroatoms. The lowest BCUT2D eigenvalue weighted by Gasteiger charge is -2.13. The molecule has 2 aromatic rings. The first-order valence-electron chi connectivity index (χ1n) is 7.50. The van der Waals surface area contributed by atoms with E-state index in [-0.39, 0.29) is 12.4 Å². The van der Waals surface area contributed by atoms with Crippen LogP contribution in [-0.4, -0.2) is 19.6 Å². The normalized spacial score (nSPS) is 11.0. The lowest BCUT2D eigenvalue weighted by Crippen LogP contribution is -2.38. The summed E-state index contributed by atoms with van der Waals surface area (Å²) < 4.78 is 13.8. The quantitative estimate of drug-likeness (QED) is 0.646. The van der Waals surface area contributed by atoms with Crippen LogP contribution < -0.4 is 10.6 Å². The van der Waals surface area contributed by atoms with Gasteiger partial charge in [-0.25, -0.2) is 4.39 Å². The molecule has 0 fully saturated rings. The van der Waals surface area contributed by atoms with Crippen molar-refractivity contribution >= 4 is 17.6 Å². The van der Waals surface area contributed by atoms with E-state index in [1.165, 1.54) is 18.2 Å². The molecule has 0 aliphatic carbocycles. The molecule has 0 unspecified atom stereocenters. The number of rotatable bonds is 5. The first kappa shape index (κ1) is 17.8. The summed E-state index contributed by atoms with van der Waals surface area (Å²) in [6.07, 6.45) is 0.749. The topological polar surface area (TPSA) is 60.2 Å². The Labute approximate surface area is 146 Å². The van der Waals surface area contributed by atoms with Gasteiger partial charge in [-0.1, -0.05) is 29.8 Å². The first-order valence-corrected chi connectivity index (χ1v) is 7.88. The predicted octanol–water partition coefficient (Wildman–Crippen LogP) is 3.26. The summed E-state index contributed by atoms with van der Waals surface area (Å²) in [5.41, 5.74) is 1.90. The fourth-order valence-corrected chi connectivity index (χ4v) is 2.43. The fraction of sp³-hybridized carbons (Fsp3) is 0.222. The van der Waals surface area contributed by atoms with E-state index in [0.717, 1.165) is 17.0 Å². The molecule has 0 aromatic heterocycles. The molecule has 0 amide bonds. The Morgan fingerprint density at radius 3 is 2.71 bits per heavy atom. The standard InChI is InChI=1S/C18H18ClFN4/c1-22-18(23-9-8-14-4-2-3-5-16(14)19)24-12-15-10-13(11-21)6-7-17(15)20/h2-7,10H,8-9,12H2,1H3,(H2,22,23,24). The average molecular weight is 345 g/mol. The first-order chi connectivity index (χ1) is 11.6. The molecule has 124 valence electrons. The van der Waals surface area contributed by atoms with E-state index in [9.17, 15) is 4.39 Å². The van der Waals surface area contributed by atoms with Crippen LogP contribution in [0.1, 0.15) is 16.7 Å². The Hall–Kier alpha value is -2.58. The molecule has 0 saturated heterocycles. The second kappa shape index (κ2) is 8.90. The van der Waals surface area contributed by atoms with Crippen LogP contribution in [0, 0.1) is 17.1 Å². The van der Waals surface area contributed by atoms with Gasteiger partial charge in [-0.05, 0) is 36.2 Å². The van der Waals surface area contributed by atoms with Gasteiger partial charge in [-0.15, -0.1) is 0 Å². The maximum Gasteiger partial charge on any atom is 0.191 e. The zero-order valence-electron chi connectivity index (χ0n) is 13.3. The van der Waals surface area contributed by atoms with Crippen LogP contribution in [0.4, 0.5) is 4.39 Å². The number of nitrogens with one attached hydrogen (secondary N) is 2. The Balaban J connectivity index is 1.87. The van der Waals surface area contributed by atoms with Crippen LogP contribution in [0.3, 0.4) is 0 Å². The van der Waals surface area contributed by atoms with Crippen LogP contribution in [0.5, 0.6) is 0 Å². The van der Waals surface area contributed by atoms with Crippen molar-refractivity contribution in [1.82, 2.24) is 10.6 Å². The van der Waals surface area contributed by atoms with Crippen molar-refractivity contribution in [2.24, 2.45) is 4.99 Å². The molecule has 2 aromatic carbocycles. The van der Waals surface area contributed by atoms with E-state index in [0.29, 0.717) is 23.6 Å². The summed E-state index contributed by atoms with van der Waals surface area (Å²) in [7, 11) is 1.65. The highest BCUT2D eigenvalue weighted by Crippen LogP contribution is 2.14. The number of halogens is 2. The van der Waals surface area contributed by atoms with Gasteiger partial charge in [0.25, 0.3) is 0 Å². The Morgan fingerprint density at radius 2 is 2.00 bits per heavy atom. The second-order valence-electron chi connectivity index (χ2n) is 5.11. The fourth-order valence-electron chi connectivity index (χ4n) is 2.20. The molecule has 0 atom stereocenters. The zero-order valence-corrected chi connectivity index (χ0v) is 14.1. The number of aliphatic imine (C=N–C) groups is 1. The smallest absolute Gasteiger partial charge is 0.191 e. The van der Waals surface area contributed by atoms with E-state index in [2.05, 4.69) is 15.6 Å². The molecule has 0 radical (unpaired) electrons. The van der Waals surface area contributed by atoms with Gasteiger partial charge < -0.3 is 10.6 Å². The van der Waals surface area contributed by atoms with Gasteiger partial charge in [0.1, 0.15) is 5.82 Å². The van der Waals surface area contributed by atoms with Gasteiger partial charge in [-0.2, -0.15) is 5.26 Å². The summed E-state index contributed by atoms with van der Waals surface area (Å²) in [4.78, 5) is 4.10. The molecule has 0 aliphatic heterocycles. The van der Waals surface area contributed by atoms with Gasteiger partial charge in [0, 0.05) is 30.7 Å². The van der Waals surface area contributed by atoms with Crippen molar-refractivity contribution in [3.8, 4) is 6.07 Å². The van der Waals surface area contributed by atoms with Crippen LogP contribution >= 0.6 is 11.6 Å². The van der Waals surface area contributed by atoms with E-state index >= 15 is 0 Å². The minimum Gasteiger partial charge on any atom is -0.356 e. The molecule has 0 aliphatic rings. The van der Waals surface area contributed by atoms with E-state index in [4.69, 9.17) is 16.9 Å². The predicted molar refractivity (Wildman–Crippen MR) is 94.5 cm³/mol. The van der Waals surface area contributed by atoms with Crippen molar-refractivity contribution in [3.63, 3.8) is 0 Å². The van der Waals surface area contributed by atoms with Crippen molar-refractivity contribution in [1.29, 1.82) is 5.26 Å². The van der Waals surface area contributed by atoms with Crippen molar-refractivity contribution in [3.05, 3.63) is 70.0 Å². The summed E-state index contributed by atoms with van der Waals surface area (Å²) >= 11 is 6.12. The minimum atomic E-state index is -0.354. The van der Waals surface area contributed by atoms with Crippen LogP contribution in [-0.2, 0) is 13.0 Å².